The van der Waals surface area contributed by atoms with Gasteiger partial charge in [0.1, 0.15) is 6.04 Å². The van der Waals surface area contributed by atoms with E-state index >= 15 is 0 Å². The monoisotopic (exact) mass is 461 g/mol. The van der Waals surface area contributed by atoms with Crippen LogP contribution in [0.4, 0.5) is 5.69 Å². The van der Waals surface area contributed by atoms with Crippen molar-refractivity contribution in [2.75, 3.05) is 5.32 Å². The highest BCUT2D eigenvalue weighted by Crippen LogP contribution is 2.33. The third-order valence-electron chi connectivity index (χ3n) is 5.13. The Labute approximate surface area is 191 Å². The predicted molar refractivity (Wildman–Crippen MR) is 126 cm³/mol. The number of aryl methyl sites for hydroxylation is 1. The van der Waals surface area contributed by atoms with Gasteiger partial charge in [-0.25, -0.2) is 4.99 Å². The molecule has 0 radical (unpaired) electrons. The second kappa shape index (κ2) is 8.18. The minimum absolute atomic E-state index is 0.173. The zero-order valence-corrected chi connectivity index (χ0v) is 19.0. The van der Waals surface area contributed by atoms with Gasteiger partial charge < -0.3 is 5.32 Å². The van der Waals surface area contributed by atoms with E-state index < -0.39 is 6.04 Å². The molecule has 1 aromatic carbocycles. The number of amides is 1. The van der Waals surface area contributed by atoms with E-state index in [0.29, 0.717) is 26.3 Å². The topological polar surface area (TPSA) is 81.3 Å². The normalized spacial score (nSPS) is 16.1. The number of carbonyl (C=O) groups excluding carboxylic acids is 1. The molecule has 0 saturated heterocycles. The standard InChI is InChI=1S/C23H19N5O2S2/c1-14-19(21(29)26-16-7-4-3-5-8-16)20(17-9-6-10-31-17)28-22(30)18(32-23(28)25-14)11-15-12-24-27(2)13-15/h3-13,20H,1-2H3,(H,26,29)/t20-/m0/s1. The maximum Gasteiger partial charge on any atom is 0.271 e. The molecule has 1 amide bonds. The zero-order valence-electron chi connectivity index (χ0n) is 17.4. The summed E-state index contributed by atoms with van der Waals surface area (Å²) in [6.07, 6.45) is 5.36. The first-order valence-corrected chi connectivity index (χ1v) is 11.6. The Hall–Kier alpha value is -3.56. The van der Waals surface area contributed by atoms with E-state index in [0.717, 1.165) is 10.4 Å². The number of fused-ring (bicyclic) bond motifs is 1. The van der Waals surface area contributed by atoms with E-state index in [1.165, 1.54) is 22.7 Å². The van der Waals surface area contributed by atoms with Crippen LogP contribution in [0.25, 0.3) is 6.08 Å². The maximum absolute atomic E-state index is 13.5. The lowest BCUT2D eigenvalue weighted by molar-refractivity contribution is -0.113. The van der Waals surface area contributed by atoms with Gasteiger partial charge in [-0.15, -0.1) is 11.3 Å². The molecule has 3 aromatic heterocycles. The van der Waals surface area contributed by atoms with Crippen molar-refractivity contribution in [2.45, 2.75) is 13.0 Å². The molecule has 32 heavy (non-hydrogen) atoms. The summed E-state index contributed by atoms with van der Waals surface area (Å²) in [5.41, 5.74) is 2.43. The van der Waals surface area contributed by atoms with Crippen LogP contribution < -0.4 is 20.2 Å². The van der Waals surface area contributed by atoms with Gasteiger partial charge in [0.15, 0.2) is 4.80 Å². The van der Waals surface area contributed by atoms with Crippen molar-refractivity contribution in [1.82, 2.24) is 14.3 Å². The van der Waals surface area contributed by atoms with E-state index in [1.54, 1.807) is 15.4 Å². The molecule has 0 bridgehead atoms. The van der Waals surface area contributed by atoms with Crippen molar-refractivity contribution in [3.05, 3.63) is 102 Å². The molecule has 5 rings (SSSR count). The fraction of sp³-hybridized carbons (Fsp3) is 0.130. The molecule has 0 unspecified atom stereocenters. The molecular formula is C23H19N5O2S2. The highest BCUT2D eigenvalue weighted by Gasteiger charge is 2.33. The molecule has 4 heterocycles. The molecule has 0 fully saturated rings. The van der Waals surface area contributed by atoms with E-state index in [1.807, 2.05) is 74.1 Å². The number of hydrogen-bond donors (Lipinski definition) is 1. The Morgan fingerprint density at radius 1 is 1.19 bits per heavy atom. The van der Waals surface area contributed by atoms with Crippen molar-refractivity contribution in [3.8, 4) is 0 Å². The van der Waals surface area contributed by atoms with Crippen LogP contribution in [-0.2, 0) is 11.8 Å². The van der Waals surface area contributed by atoms with E-state index in [2.05, 4.69) is 15.4 Å². The highest BCUT2D eigenvalue weighted by molar-refractivity contribution is 7.10. The molecule has 9 heteroatoms. The van der Waals surface area contributed by atoms with Crippen molar-refractivity contribution >= 4 is 40.3 Å². The lowest BCUT2D eigenvalue weighted by Crippen LogP contribution is -2.40. The summed E-state index contributed by atoms with van der Waals surface area (Å²) >= 11 is 2.83. The minimum Gasteiger partial charge on any atom is -0.322 e. The number of anilines is 1. The summed E-state index contributed by atoms with van der Waals surface area (Å²) in [5.74, 6) is -0.266. The largest absolute Gasteiger partial charge is 0.322 e. The van der Waals surface area contributed by atoms with Gasteiger partial charge in [0, 0.05) is 29.4 Å². The van der Waals surface area contributed by atoms with E-state index in [-0.39, 0.29) is 11.5 Å². The average molecular weight is 462 g/mol. The summed E-state index contributed by atoms with van der Waals surface area (Å²) in [7, 11) is 1.83. The molecule has 1 aliphatic rings. The zero-order chi connectivity index (χ0) is 22.2. The number of allylic oxidation sites excluding steroid dienone is 1. The van der Waals surface area contributed by atoms with Crippen molar-refractivity contribution in [1.29, 1.82) is 0 Å². The molecule has 160 valence electrons. The van der Waals surface area contributed by atoms with Crippen molar-refractivity contribution in [2.24, 2.45) is 12.0 Å². The number of nitrogens with one attached hydrogen (secondary N) is 1. The van der Waals surface area contributed by atoms with E-state index in [4.69, 9.17) is 0 Å². The van der Waals surface area contributed by atoms with Gasteiger partial charge in [0.25, 0.3) is 11.5 Å². The summed E-state index contributed by atoms with van der Waals surface area (Å²) in [4.78, 5) is 33.0. The van der Waals surface area contributed by atoms with Crippen LogP contribution in [0.3, 0.4) is 0 Å². The highest BCUT2D eigenvalue weighted by atomic mass is 32.1. The number of benzene rings is 1. The number of aromatic nitrogens is 3. The van der Waals surface area contributed by atoms with Crippen molar-refractivity contribution < 1.29 is 4.79 Å². The smallest absolute Gasteiger partial charge is 0.271 e. The molecule has 1 N–H and O–H groups in total. The molecule has 0 spiro atoms. The molecule has 7 nitrogen and oxygen atoms in total. The van der Waals surface area contributed by atoms with Crippen LogP contribution in [0.5, 0.6) is 0 Å². The van der Waals surface area contributed by atoms with Gasteiger partial charge in [-0.1, -0.05) is 35.6 Å². The summed E-state index contributed by atoms with van der Waals surface area (Å²) in [6, 6.07) is 12.6. The number of para-hydroxylation sites is 1. The fourth-order valence-electron chi connectivity index (χ4n) is 3.71. The van der Waals surface area contributed by atoms with Gasteiger partial charge in [-0.3, -0.25) is 18.8 Å². The number of carbonyl (C=O) groups is 1. The molecule has 1 aliphatic heterocycles. The number of rotatable bonds is 4. The molecular weight excluding hydrogens is 442 g/mol. The van der Waals surface area contributed by atoms with Crippen LogP contribution >= 0.6 is 22.7 Å². The predicted octanol–water partition coefficient (Wildman–Crippen LogP) is 2.67. The second-order valence-electron chi connectivity index (χ2n) is 7.36. The Balaban J connectivity index is 1.65. The van der Waals surface area contributed by atoms with Gasteiger partial charge in [-0.05, 0) is 36.6 Å². The number of thiophene rings is 1. The Bertz CT molecular complexity index is 1510. The second-order valence-corrected chi connectivity index (χ2v) is 9.35. The third kappa shape index (κ3) is 3.65. The quantitative estimate of drug-likeness (QED) is 0.507. The Morgan fingerprint density at radius 2 is 2.00 bits per heavy atom. The first-order chi connectivity index (χ1) is 15.5. The SMILES string of the molecule is CC1=C(C(=O)Nc2ccccc2)[C@H](c2cccs2)n2c(sc(=Cc3cnn(C)c3)c2=O)=N1. The van der Waals surface area contributed by atoms with Crippen LogP contribution in [0.15, 0.2) is 81.3 Å². The summed E-state index contributed by atoms with van der Waals surface area (Å²) in [5, 5.41) is 9.06. The Kier molecular flexibility index (Phi) is 5.20. The van der Waals surface area contributed by atoms with Gasteiger partial charge in [0.2, 0.25) is 0 Å². The lowest BCUT2D eigenvalue weighted by Gasteiger charge is -2.24. The van der Waals surface area contributed by atoms with Gasteiger partial charge in [-0.2, -0.15) is 5.10 Å². The molecule has 4 aromatic rings. The number of thiazole rings is 1. The van der Waals surface area contributed by atoms with Crippen LogP contribution in [0, 0.1) is 0 Å². The third-order valence-corrected chi connectivity index (χ3v) is 7.04. The summed E-state index contributed by atoms with van der Waals surface area (Å²) < 4.78 is 3.87. The first-order valence-electron chi connectivity index (χ1n) is 9.92. The fourth-order valence-corrected chi connectivity index (χ4v) is 5.58. The molecule has 1 atom stereocenters. The minimum atomic E-state index is -0.536. The van der Waals surface area contributed by atoms with Gasteiger partial charge >= 0.3 is 0 Å². The molecule has 0 aliphatic carbocycles. The lowest BCUT2D eigenvalue weighted by atomic mass is 10.0. The number of nitrogens with zero attached hydrogens (tertiary/aromatic N) is 4. The van der Waals surface area contributed by atoms with Gasteiger partial charge in [0.05, 0.1) is 22.0 Å². The maximum atomic E-state index is 13.5. The number of hydrogen-bond acceptors (Lipinski definition) is 6. The van der Waals surface area contributed by atoms with Crippen molar-refractivity contribution in [3.63, 3.8) is 0 Å². The Morgan fingerprint density at radius 3 is 2.69 bits per heavy atom. The molecule has 0 saturated carbocycles. The van der Waals surface area contributed by atoms with Crippen LogP contribution in [-0.4, -0.2) is 20.3 Å². The van der Waals surface area contributed by atoms with Crippen LogP contribution in [0.2, 0.25) is 0 Å². The first kappa shape index (κ1) is 20.3. The van der Waals surface area contributed by atoms with E-state index in [9.17, 15) is 9.59 Å². The summed E-state index contributed by atoms with van der Waals surface area (Å²) in [6.45, 7) is 1.82. The van der Waals surface area contributed by atoms with Crippen LogP contribution in [0.1, 0.15) is 23.4 Å². The average Bonchev–Trinajstić information content (AvgIpc) is 3.50.